The van der Waals surface area contributed by atoms with E-state index in [0.29, 0.717) is 0 Å². The predicted octanol–water partition coefficient (Wildman–Crippen LogP) is 8.29. The number of fused-ring (bicyclic) bond motifs is 1. The van der Waals surface area contributed by atoms with Gasteiger partial charge in [0.15, 0.2) is 0 Å². The first-order valence-corrected chi connectivity index (χ1v) is 10.1. The van der Waals surface area contributed by atoms with Crippen LogP contribution in [0.2, 0.25) is 0 Å². The smallest absolute Gasteiger partial charge is 0.418 e. The summed E-state index contributed by atoms with van der Waals surface area (Å²) in [6, 6.07) is 33.6. The Morgan fingerprint density at radius 3 is 1.62 bits per heavy atom. The Labute approximate surface area is 183 Å². The highest BCUT2D eigenvalue weighted by molar-refractivity contribution is 6.50. The molecule has 0 atom stereocenters. The van der Waals surface area contributed by atoms with E-state index in [1.165, 1.54) is 27.8 Å². The maximum Gasteiger partial charge on any atom is 0.673 e. The van der Waals surface area contributed by atoms with E-state index in [-0.39, 0.29) is 0 Å². The first-order valence-electron chi connectivity index (χ1n) is 10.1. The molecule has 0 radical (unpaired) electrons. The summed E-state index contributed by atoms with van der Waals surface area (Å²) < 4.78 is 45.3. The van der Waals surface area contributed by atoms with E-state index < -0.39 is 7.25 Å². The molecule has 4 aromatic rings. The van der Waals surface area contributed by atoms with Crippen molar-refractivity contribution in [3.05, 3.63) is 114 Å². The van der Waals surface area contributed by atoms with Crippen molar-refractivity contribution in [2.24, 2.45) is 0 Å². The van der Waals surface area contributed by atoms with Crippen molar-refractivity contribution in [2.75, 3.05) is 0 Å². The molecule has 32 heavy (non-hydrogen) atoms. The summed E-state index contributed by atoms with van der Waals surface area (Å²) in [4.78, 5) is 0. The topological polar surface area (TPSA) is 11.3 Å². The van der Waals surface area contributed by atoms with E-state index in [2.05, 4.69) is 84.9 Å². The molecule has 1 aliphatic carbocycles. The van der Waals surface area contributed by atoms with E-state index >= 15 is 0 Å². The maximum absolute atomic E-state index is 9.75. The zero-order valence-electron chi connectivity index (χ0n) is 17.0. The molecule has 0 saturated carbocycles. The molecular formula is C26H19BF4O. The maximum atomic E-state index is 9.75. The number of benzene rings is 3. The van der Waals surface area contributed by atoms with E-state index in [1.54, 1.807) is 0 Å². The van der Waals surface area contributed by atoms with E-state index in [9.17, 15) is 17.3 Å². The zero-order chi connectivity index (χ0) is 22.6. The van der Waals surface area contributed by atoms with Crippen LogP contribution in [-0.2, 0) is 6.42 Å². The fourth-order valence-electron chi connectivity index (χ4n) is 3.72. The summed E-state index contributed by atoms with van der Waals surface area (Å²) in [6.07, 6.45) is 3.09. The second-order valence-electron chi connectivity index (χ2n) is 7.31. The lowest BCUT2D eigenvalue weighted by Crippen LogP contribution is -2.02. The zero-order valence-corrected chi connectivity index (χ0v) is 17.0. The van der Waals surface area contributed by atoms with Gasteiger partial charge in [-0.2, -0.15) is 0 Å². The largest absolute Gasteiger partial charge is 0.673 e. The molecule has 6 heteroatoms. The van der Waals surface area contributed by atoms with Crippen LogP contribution in [0.1, 0.15) is 16.9 Å². The molecule has 3 aromatic carbocycles. The van der Waals surface area contributed by atoms with Crippen molar-refractivity contribution >= 4 is 18.9 Å². The minimum atomic E-state index is -6.00. The molecule has 0 amide bonds. The lowest BCUT2D eigenvalue weighted by molar-refractivity contribution is 0.368. The third kappa shape index (κ3) is 5.33. The second kappa shape index (κ2) is 9.22. The number of allylic oxidation sites excluding steroid dienone is 1. The van der Waals surface area contributed by atoms with E-state index in [4.69, 9.17) is 4.42 Å². The third-order valence-electron chi connectivity index (χ3n) is 5.08. The third-order valence-corrected chi connectivity index (χ3v) is 5.08. The fraction of sp³-hybridized carbons (Fsp3) is 0.0385. The first kappa shape index (κ1) is 21.6. The molecule has 0 saturated heterocycles. The Morgan fingerprint density at radius 1 is 0.625 bits per heavy atom. The highest BCUT2D eigenvalue weighted by atomic mass is 19.5. The van der Waals surface area contributed by atoms with Gasteiger partial charge >= 0.3 is 18.8 Å². The summed E-state index contributed by atoms with van der Waals surface area (Å²) in [6.45, 7) is 0. The number of hydrogen-bond donors (Lipinski definition) is 0. The standard InChI is InChI=1S/C26H19O.BF4/c1-4-10-19(11-5-1)22-16-24-23(20-12-6-2-7-13-20)18-25(27-26(24)17-22)21-14-8-3-9-15-21;2-1(3,4)5/h1-15,17-18H,16H2;/q+1;-1. The van der Waals surface area contributed by atoms with Gasteiger partial charge in [0.05, 0.1) is 17.2 Å². The monoisotopic (exact) mass is 434 g/mol. The molecule has 1 aromatic heterocycles. The molecule has 0 spiro atoms. The van der Waals surface area contributed by atoms with Gasteiger partial charge in [0.25, 0.3) is 0 Å². The van der Waals surface area contributed by atoms with Crippen LogP contribution in [0.25, 0.3) is 34.1 Å². The van der Waals surface area contributed by atoms with Crippen LogP contribution in [0.3, 0.4) is 0 Å². The molecule has 0 N–H and O–H groups in total. The van der Waals surface area contributed by atoms with Crippen LogP contribution >= 0.6 is 0 Å². The van der Waals surface area contributed by atoms with Crippen molar-refractivity contribution in [3.63, 3.8) is 0 Å². The van der Waals surface area contributed by atoms with E-state index in [0.717, 1.165) is 23.5 Å². The second-order valence-corrected chi connectivity index (χ2v) is 7.31. The average molecular weight is 434 g/mol. The minimum absolute atomic E-state index is 0.891. The molecule has 5 rings (SSSR count). The van der Waals surface area contributed by atoms with Crippen LogP contribution in [0.15, 0.2) is 101 Å². The van der Waals surface area contributed by atoms with Crippen LogP contribution in [-0.4, -0.2) is 7.25 Å². The first-order chi connectivity index (χ1) is 15.4. The molecule has 0 unspecified atom stereocenters. The van der Waals surface area contributed by atoms with Gasteiger partial charge in [-0.15, -0.1) is 0 Å². The van der Waals surface area contributed by atoms with Gasteiger partial charge in [0.2, 0.25) is 0 Å². The molecule has 1 nitrogen and oxygen atoms in total. The van der Waals surface area contributed by atoms with Gasteiger partial charge in [0, 0.05) is 18.1 Å². The average Bonchev–Trinajstić information content (AvgIpc) is 3.23. The lowest BCUT2D eigenvalue weighted by atomic mass is 9.96. The normalized spacial score (nSPS) is 12.4. The van der Waals surface area contributed by atoms with Gasteiger partial charge in [-0.25, -0.2) is 4.42 Å². The summed E-state index contributed by atoms with van der Waals surface area (Å²) in [5.74, 6) is 1.87. The SMILES string of the molecule is C1=C(c2ccccc2)Cc2c(-c3ccccc3)cc(-c3ccccc3)[o+]c21.F[B-](F)(F)F. The van der Waals surface area contributed by atoms with E-state index in [1.807, 2.05) is 18.2 Å². The van der Waals surface area contributed by atoms with Gasteiger partial charge in [-0.05, 0) is 28.8 Å². The van der Waals surface area contributed by atoms with Crippen molar-refractivity contribution in [1.29, 1.82) is 0 Å². The molecule has 0 bridgehead atoms. The summed E-state index contributed by atoms with van der Waals surface area (Å²) in [5.41, 5.74) is 7.39. The molecule has 1 heterocycles. The summed E-state index contributed by atoms with van der Waals surface area (Å²) in [7, 11) is -6.00. The number of halogens is 4. The van der Waals surface area contributed by atoms with Crippen molar-refractivity contribution in [2.45, 2.75) is 6.42 Å². The highest BCUT2D eigenvalue weighted by Gasteiger charge is 2.30. The van der Waals surface area contributed by atoms with Gasteiger partial charge in [0.1, 0.15) is 0 Å². The number of rotatable bonds is 3. The Bertz CT molecular complexity index is 1220. The predicted molar refractivity (Wildman–Crippen MR) is 122 cm³/mol. The lowest BCUT2D eigenvalue weighted by Gasteiger charge is -2.06. The van der Waals surface area contributed by atoms with Gasteiger partial charge < -0.3 is 17.3 Å². The van der Waals surface area contributed by atoms with Gasteiger partial charge in [-0.3, -0.25) is 0 Å². The molecule has 0 aliphatic heterocycles. The molecular weight excluding hydrogens is 415 g/mol. The van der Waals surface area contributed by atoms with Crippen LogP contribution in [0, 0.1) is 0 Å². The van der Waals surface area contributed by atoms with Crippen LogP contribution in [0.4, 0.5) is 17.3 Å². The molecule has 160 valence electrons. The number of hydrogen-bond acceptors (Lipinski definition) is 0. The Kier molecular flexibility index (Phi) is 6.22. The van der Waals surface area contributed by atoms with Crippen LogP contribution in [0.5, 0.6) is 0 Å². The Balaban J connectivity index is 0.000000444. The summed E-state index contributed by atoms with van der Waals surface area (Å²) >= 11 is 0. The minimum Gasteiger partial charge on any atom is -0.418 e. The highest BCUT2D eigenvalue weighted by Crippen LogP contribution is 2.40. The van der Waals surface area contributed by atoms with Crippen LogP contribution < -0.4 is 0 Å². The Hall–Kier alpha value is -3.67. The van der Waals surface area contributed by atoms with Crippen molar-refractivity contribution in [1.82, 2.24) is 0 Å². The molecule has 0 fully saturated rings. The Morgan fingerprint density at radius 2 is 1.09 bits per heavy atom. The van der Waals surface area contributed by atoms with Crippen molar-refractivity contribution in [3.8, 4) is 22.5 Å². The fourth-order valence-corrected chi connectivity index (χ4v) is 3.72. The van der Waals surface area contributed by atoms with Gasteiger partial charge in [-0.1, -0.05) is 78.9 Å². The molecule has 1 aliphatic rings. The summed E-state index contributed by atoms with van der Waals surface area (Å²) in [5, 5.41) is 0. The quantitative estimate of drug-likeness (QED) is 0.179. The van der Waals surface area contributed by atoms with Crippen molar-refractivity contribution < 1.29 is 21.7 Å².